The Balaban J connectivity index is 2.08. The predicted octanol–water partition coefficient (Wildman–Crippen LogP) is 2.47. The Kier molecular flexibility index (Phi) is 2.61. The highest BCUT2D eigenvalue weighted by Gasteiger charge is 2.50. The third kappa shape index (κ3) is 1.59. The molecule has 0 aliphatic carbocycles. The summed E-state index contributed by atoms with van der Waals surface area (Å²) in [5.41, 5.74) is 0.308. The summed E-state index contributed by atoms with van der Waals surface area (Å²) in [5, 5.41) is 0. The second-order valence-electron chi connectivity index (χ2n) is 5.74. The molecule has 2 aliphatic rings. The molecule has 4 atom stereocenters. The number of rotatable bonds is 1. The van der Waals surface area contributed by atoms with E-state index >= 15 is 0 Å². The number of fused-ring (bicyclic) bond motifs is 1. The van der Waals surface area contributed by atoms with Crippen molar-refractivity contribution in [3.8, 4) is 0 Å². The molecule has 4 unspecified atom stereocenters. The molecule has 0 radical (unpaired) electrons. The molecule has 82 valence electrons. The minimum Gasteiger partial charge on any atom is -0.375 e. The third-order valence-corrected chi connectivity index (χ3v) is 3.79. The topological polar surface area (TPSA) is 18.5 Å². The van der Waals surface area contributed by atoms with Crippen molar-refractivity contribution < 1.29 is 9.47 Å². The standard InChI is InChI=1S/C12H22O2/c1-5-8-6-13-11-9(12(2,3)4)7-14-10(8)11/h8-11H,5-7H2,1-4H3. The smallest absolute Gasteiger partial charge is 0.0895 e. The molecule has 2 fully saturated rings. The largest absolute Gasteiger partial charge is 0.375 e. The SMILES string of the molecule is CCC1COC2C1OCC2C(C)(C)C. The van der Waals surface area contributed by atoms with Gasteiger partial charge in [-0.3, -0.25) is 0 Å². The lowest BCUT2D eigenvalue weighted by molar-refractivity contribution is 0.0335. The van der Waals surface area contributed by atoms with Crippen molar-refractivity contribution in [2.45, 2.75) is 46.3 Å². The minimum atomic E-state index is 0.308. The van der Waals surface area contributed by atoms with Crippen LogP contribution >= 0.6 is 0 Å². The van der Waals surface area contributed by atoms with Crippen LogP contribution in [0.4, 0.5) is 0 Å². The van der Waals surface area contributed by atoms with Gasteiger partial charge in [-0.1, -0.05) is 27.7 Å². The van der Waals surface area contributed by atoms with Crippen LogP contribution in [0.5, 0.6) is 0 Å². The van der Waals surface area contributed by atoms with Crippen molar-refractivity contribution in [2.75, 3.05) is 13.2 Å². The average molecular weight is 198 g/mol. The predicted molar refractivity (Wildman–Crippen MR) is 56.2 cm³/mol. The Morgan fingerprint density at radius 2 is 1.71 bits per heavy atom. The maximum absolute atomic E-state index is 5.89. The van der Waals surface area contributed by atoms with Gasteiger partial charge in [0.15, 0.2) is 0 Å². The molecule has 2 rings (SSSR count). The molecular formula is C12H22O2. The maximum atomic E-state index is 5.89. The first-order valence-corrected chi connectivity index (χ1v) is 5.77. The molecule has 0 aromatic heterocycles. The Bertz CT molecular complexity index is 207. The fraction of sp³-hybridized carbons (Fsp3) is 1.00. The van der Waals surface area contributed by atoms with Gasteiger partial charge in [0, 0.05) is 11.8 Å². The van der Waals surface area contributed by atoms with Crippen molar-refractivity contribution in [3.63, 3.8) is 0 Å². The van der Waals surface area contributed by atoms with Gasteiger partial charge in [-0.25, -0.2) is 0 Å². The lowest BCUT2D eigenvalue weighted by atomic mass is 9.77. The molecule has 0 spiro atoms. The first-order chi connectivity index (χ1) is 6.54. The van der Waals surface area contributed by atoms with E-state index < -0.39 is 0 Å². The van der Waals surface area contributed by atoms with Gasteiger partial charge in [-0.15, -0.1) is 0 Å². The van der Waals surface area contributed by atoms with Crippen molar-refractivity contribution >= 4 is 0 Å². The molecule has 0 bridgehead atoms. The van der Waals surface area contributed by atoms with Crippen LogP contribution in [0.2, 0.25) is 0 Å². The molecule has 0 saturated carbocycles. The summed E-state index contributed by atoms with van der Waals surface area (Å²) in [4.78, 5) is 0. The van der Waals surface area contributed by atoms with Gasteiger partial charge >= 0.3 is 0 Å². The summed E-state index contributed by atoms with van der Waals surface area (Å²) in [7, 11) is 0. The summed E-state index contributed by atoms with van der Waals surface area (Å²) in [6, 6.07) is 0. The summed E-state index contributed by atoms with van der Waals surface area (Å²) in [6.45, 7) is 10.9. The summed E-state index contributed by atoms with van der Waals surface area (Å²) in [5.74, 6) is 1.20. The molecule has 2 heterocycles. The zero-order chi connectivity index (χ0) is 10.3. The number of ether oxygens (including phenoxy) is 2. The zero-order valence-corrected chi connectivity index (χ0v) is 9.75. The van der Waals surface area contributed by atoms with Crippen LogP contribution in [-0.2, 0) is 9.47 Å². The highest BCUT2D eigenvalue weighted by atomic mass is 16.6. The molecule has 2 saturated heterocycles. The summed E-state index contributed by atoms with van der Waals surface area (Å²) in [6.07, 6.45) is 1.92. The Labute approximate surface area is 87.0 Å². The van der Waals surface area contributed by atoms with E-state index in [1.54, 1.807) is 0 Å². The second-order valence-corrected chi connectivity index (χ2v) is 5.74. The molecular weight excluding hydrogens is 176 g/mol. The van der Waals surface area contributed by atoms with Crippen molar-refractivity contribution in [2.24, 2.45) is 17.3 Å². The van der Waals surface area contributed by atoms with Gasteiger partial charge in [0.25, 0.3) is 0 Å². The molecule has 0 N–H and O–H groups in total. The van der Waals surface area contributed by atoms with E-state index in [1.807, 2.05) is 0 Å². The van der Waals surface area contributed by atoms with E-state index in [0.717, 1.165) is 13.2 Å². The van der Waals surface area contributed by atoms with Crippen molar-refractivity contribution in [1.29, 1.82) is 0 Å². The first kappa shape index (κ1) is 10.4. The van der Waals surface area contributed by atoms with Crippen molar-refractivity contribution in [3.05, 3.63) is 0 Å². The molecule has 2 nitrogen and oxygen atoms in total. The normalized spacial score (nSPS) is 42.9. The van der Waals surface area contributed by atoms with Crippen LogP contribution in [0.1, 0.15) is 34.1 Å². The monoisotopic (exact) mass is 198 g/mol. The quantitative estimate of drug-likeness (QED) is 0.644. The van der Waals surface area contributed by atoms with E-state index in [4.69, 9.17) is 9.47 Å². The molecule has 0 aromatic rings. The van der Waals surface area contributed by atoms with E-state index in [-0.39, 0.29) is 0 Å². The third-order valence-electron chi connectivity index (χ3n) is 3.79. The van der Waals surface area contributed by atoms with E-state index in [2.05, 4.69) is 27.7 Å². The van der Waals surface area contributed by atoms with Crippen molar-refractivity contribution in [1.82, 2.24) is 0 Å². The van der Waals surface area contributed by atoms with E-state index in [0.29, 0.717) is 29.5 Å². The number of hydrogen-bond acceptors (Lipinski definition) is 2. The van der Waals surface area contributed by atoms with E-state index in [1.165, 1.54) is 6.42 Å². The maximum Gasteiger partial charge on any atom is 0.0895 e. The molecule has 2 heteroatoms. The molecule has 0 aromatic carbocycles. The van der Waals surface area contributed by atoms with E-state index in [9.17, 15) is 0 Å². The van der Waals surface area contributed by atoms with Crippen LogP contribution in [0.15, 0.2) is 0 Å². The van der Waals surface area contributed by atoms with Crippen LogP contribution in [-0.4, -0.2) is 25.4 Å². The Hall–Kier alpha value is -0.0800. The van der Waals surface area contributed by atoms with Gasteiger partial charge in [0.05, 0.1) is 25.4 Å². The van der Waals surface area contributed by atoms with Gasteiger partial charge in [0.1, 0.15) is 0 Å². The highest BCUT2D eigenvalue weighted by molar-refractivity contribution is 4.97. The molecule has 0 amide bonds. The fourth-order valence-corrected chi connectivity index (χ4v) is 2.67. The zero-order valence-electron chi connectivity index (χ0n) is 9.75. The lowest BCUT2D eigenvalue weighted by Crippen LogP contribution is -2.33. The van der Waals surface area contributed by atoms with Gasteiger partial charge in [-0.2, -0.15) is 0 Å². The Morgan fingerprint density at radius 1 is 1.07 bits per heavy atom. The fourth-order valence-electron chi connectivity index (χ4n) is 2.67. The van der Waals surface area contributed by atoms with Crippen LogP contribution in [0.25, 0.3) is 0 Å². The molecule has 2 aliphatic heterocycles. The van der Waals surface area contributed by atoms with Crippen LogP contribution < -0.4 is 0 Å². The minimum absolute atomic E-state index is 0.308. The number of hydrogen-bond donors (Lipinski definition) is 0. The molecule has 14 heavy (non-hydrogen) atoms. The summed E-state index contributed by atoms with van der Waals surface area (Å²) < 4.78 is 11.8. The van der Waals surface area contributed by atoms with Gasteiger partial charge in [-0.05, 0) is 11.8 Å². The average Bonchev–Trinajstić information content (AvgIpc) is 2.59. The first-order valence-electron chi connectivity index (χ1n) is 5.77. The Morgan fingerprint density at radius 3 is 2.29 bits per heavy atom. The second kappa shape index (κ2) is 3.49. The van der Waals surface area contributed by atoms with Gasteiger partial charge in [0.2, 0.25) is 0 Å². The highest BCUT2D eigenvalue weighted by Crippen LogP contribution is 2.43. The lowest BCUT2D eigenvalue weighted by Gasteiger charge is -2.29. The summed E-state index contributed by atoms with van der Waals surface area (Å²) >= 11 is 0. The van der Waals surface area contributed by atoms with Crippen LogP contribution in [0, 0.1) is 17.3 Å². The van der Waals surface area contributed by atoms with Gasteiger partial charge < -0.3 is 9.47 Å². The van der Waals surface area contributed by atoms with Crippen LogP contribution in [0.3, 0.4) is 0 Å².